The quantitative estimate of drug-likeness (QED) is 0.535. The van der Waals surface area contributed by atoms with Gasteiger partial charge in [0.05, 0.1) is 12.1 Å². The van der Waals surface area contributed by atoms with Crippen molar-refractivity contribution in [2.45, 2.75) is 27.2 Å². The summed E-state index contributed by atoms with van der Waals surface area (Å²) < 4.78 is 2.02. The molecule has 27 heavy (non-hydrogen) atoms. The van der Waals surface area contributed by atoms with Crippen molar-refractivity contribution in [1.82, 2.24) is 9.38 Å². The Labute approximate surface area is 162 Å². The Hall–Kier alpha value is -2.92. The number of aromatic nitrogens is 2. The van der Waals surface area contributed by atoms with E-state index >= 15 is 0 Å². The zero-order valence-corrected chi connectivity index (χ0v) is 16.4. The molecule has 4 nitrogen and oxygen atoms in total. The Morgan fingerprint density at radius 2 is 1.81 bits per heavy atom. The maximum atomic E-state index is 12.5. The second-order valence-corrected chi connectivity index (χ2v) is 7.75. The van der Waals surface area contributed by atoms with Crippen LogP contribution in [0.5, 0.6) is 0 Å². The number of amides is 1. The molecule has 136 valence electrons. The number of hydrogen-bond donors (Lipinski definition) is 1. The summed E-state index contributed by atoms with van der Waals surface area (Å²) in [6.45, 7) is 6.13. The van der Waals surface area contributed by atoms with Gasteiger partial charge in [-0.05, 0) is 32.4 Å². The van der Waals surface area contributed by atoms with Crippen LogP contribution in [0.2, 0.25) is 0 Å². The van der Waals surface area contributed by atoms with Gasteiger partial charge in [0.1, 0.15) is 0 Å². The molecule has 0 aliphatic rings. The maximum absolute atomic E-state index is 12.5. The van der Waals surface area contributed by atoms with Crippen molar-refractivity contribution in [3.05, 3.63) is 76.4 Å². The summed E-state index contributed by atoms with van der Waals surface area (Å²) in [7, 11) is 0. The predicted molar refractivity (Wildman–Crippen MR) is 111 cm³/mol. The highest BCUT2D eigenvalue weighted by molar-refractivity contribution is 7.15. The molecule has 5 heteroatoms. The summed E-state index contributed by atoms with van der Waals surface area (Å²) in [6.07, 6.45) is 2.33. The van der Waals surface area contributed by atoms with Gasteiger partial charge in [-0.25, -0.2) is 4.98 Å². The van der Waals surface area contributed by atoms with E-state index in [4.69, 9.17) is 4.98 Å². The second kappa shape index (κ2) is 7.00. The number of imidazole rings is 1. The van der Waals surface area contributed by atoms with Crippen molar-refractivity contribution in [3.8, 4) is 11.3 Å². The van der Waals surface area contributed by atoms with Crippen molar-refractivity contribution >= 4 is 27.9 Å². The van der Waals surface area contributed by atoms with Gasteiger partial charge in [-0.3, -0.25) is 9.20 Å². The fourth-order valence-corrected chi connectivity index (χ4v) is 4.01. The third kappa shape index (κ3) is 3.64. The normalized spacial score (nSPS) is 11.1. The van der Waals surface area contributed by atoms with Crippen LogP contribution in [-0.4, -0.2) is 15.3 Å². The lowest BCUT2D eigenvalue weighted by atomic mass is 10.1. The zero-order valence-electron chi connectivity index (χ0n) is 15.6. The summed E-state index contributed by atoms with van der Waals surface area (Å²) in [4.78, 5) is 18.1. The maximum Gasteiger partial charge on any atom is 0.230 e. The zero-order chi connectivity index (χ0) is 19.0. The second-order valence-electron chi connectivity index (χ2n) is 6.92. The molecule has 2 aromatic heterocycles. The molecule has 0 spiro atoms. The molecular weight excluding hydrogens is 354 g/mol. The fraction of sp³-hybridized carbons (Fsp3) is 0.182. The standard InChI is InChI=1S/C22H21N3OS/c1-14-4-7-17(8-5-14)20-12-25-18(13-27-22(25)24-20)11-21(26)23-19-9-6-15(2)10-16(19)3/h4-10,12-13H,11H2,1-3H3,(H,23,26). The van der Waals surface area contributed by atoms with Gasteiger partial charge < -0.3 is 5.32 Å². The number of nitrogens with one attached hydrogen (secondary N) is 1. The lowest BCUT2D eigenvalue weighted by Gasteiger charge is -2.09. The van der Waals surface area contributed by atoms with Crippen LogP contribution in [0, 0.1) is 20.8 Å². The van der Waals surface area contributed by atoms with E-state index in [1.807, 2.05) is 42.0 Å². The number of rotatable bonds is 4. The number of thiazole rings is 1. The average Bonchev–Trinajstić information content (AvgIpc) is 3.20. The first-order valence-corrected chi connectivity index (χ1v) is 9.77. The Morgan fingerprint density at radius 3 is 2.56 bits per heavy atom. The molecule has 0 aliphatic heterocycles. The molecule has 4 aromatic rings. The van der Waals surface area contributed by atoms with E-state index in [1.165, 1.54) is 11.1 Å². The summed E-state index contributed by atoms with van der Waals surface area (Å²) in [6, 6.07) is 14.4. The van der Waals surface area contributed by atoms with Crippen LogP contribution in [0.1, 0.15) is 22.4 Å². The van der Waals surface area contributed by atoms with Crippen LogP contribution in [0.15, 0.2) is 54.0 Å². The lowest BCUT2D eigenvalue weighted by Crippen LogP contribution is -2.16. The smallest absolute Gasteiger partial charge is 0.230 e. The van der Waals surface area contributed by atoms with E-state index in [0.29, 0.717) is 6.42 Å². The number of anilines is 1. The number of benzene rings is 2. The monoisotopic (exact) mass is 375 g/mol. The van der Waals surface area contributed by atoms with Gasteiger partial charge in [0, 0.05) is 28.5 Å². The molecule has 0 radical (unpaired) electrons. The Bertz CT molecular complexity index is 1120. The van der Waals surface area contributed by atoms with Gasteiger partial charge in [0.2, 0.25) is 5.91 Å². The fourth-order valence-electron chi connectivity index (χ4n) is 3.13. The first-order chi connectivity index (χ1) is 13.0. The predicted octanol–water partition coefficient (Wildman–Crippen LogP) is 5.17. The van der Waals surface area contributed by atoms with Crippen LogP contribution in [-0.2, 0) is 11.2 Å². The highest BCUT2D eigenvalue weighted by Gasteiger charge is 2.13. The Morgan fingerprint density at radius 1 is 1.07 bits per heavy atom. The van der Waals surface area contributed by atoms with Gasteiger partial charge in [-0.2, -0.15) is 0 Å². The molecule has 0 atom stereocenters. The van der Waals surface area contributed by atoms with E-state index in [0.717, 1.165) is 33.2 Å². The number of nitrogens with zero attached hydrogens (tertiary/aromatic N) is 2. The van der Waals surface area contributed by atoms with Gasteiger partial charge in [-0.15, -0.1) is 11.3 Å². The van der Waals surface area contributed by atoms with E-state index in [9.17, 15) is 4.79 Å². The minimum atomic E-state index is -0.0211. The van der Waals surface area contributed by atoms with Crippen LogP contribution in [0.25, 0.3) is 16.2 Å². The van der Waals surface area contributed by atoms with Crippen LogP contribution >= 0.6 is 11.3 Å². The summed E-state index contributed by atoms with van der Waals surface area (Å²) in [5, 5.41) is 5.02. The SMILES string of the molecule is Cc1ccc(-c2cn3c(CC(=O)Nc4ccc(C)cc4C)csc3n2)cc1. The summed E-state index contributed by atoms with van der Waals surface area (Å²) in [5.41, 5.74) is 7.31. The number of fused-ring (bicyclic) bond motifs is 1. The minimum Gasteiger partial charge on any atom is -0.326 e. The van der Waals surface area contributed by atoms with Gasteiger partial charge >= 0.3 is 0 Å². The van der Waals surface area contributed by atoms with Crippen LogP contribution in [0.4, 0.5) is 5.69 Å². The van der Waals surface area contributed by atoms with Crippen molar-refractivity contribution in [3.63, 3.8) is 0 Å². The number of hydrogen-bond acceptors (Lipinski definition) is 3. The van der Waals surface area contributed by atoms with E-state index in [1.54, 1.807) is 11.3 Å². The molecule has 0 saturated heterocycles. The number of carbonyl (C=O) groups excluding carboxylic acids is 1. The molecule has 4 rings (SSSR count). The molecule has 0 bridgehead atoms. The summed E-state index contributed by atoms with van der Waals surface area (Å²) in [5.74, 6) is -0.0211. The molecule has 2 heterocycles. The third-order valence-electron chi connectivity index (χ3n) is 4.63. The highest BCUT2D eigenvalue weighted by Crippen LogP contribution is 2.24. The van der Waals surface area contributed by atoms with Gasteiger partial charge in [0.15, 0.2) is 4.96 Å². The molecule has 1 amide bonds. The van der Waals surface area contributed by atoms with Crippen molar-refractivity contribution in [1.29, 1.82) is 0 Å². The highest BCUT2D eigenvalue weighted by atomic mass is 32.1. The minimum absolute atomic E-state index is 0.0211. The van der Waals surface area contributed by atoms with Crippen molar-refractivity contribution < 1.29 is 4.79 Å². The average molecular weight is 375 g/mol. The van der Waals surface area contributed by atoms with E-state index < -0.39 is 0 Å². The molecular formula is C22H21N3OS. The Kier molecular flexibility index (Phi) is 4.54. The van der Waals surface area contributed by atoms with E-state index in [-0.39, 0.29) is 5.91 Å². The van der Waals surface area contributed by atoms with Crippen LogP contribution in [0.3, 0.4) is 0 Å². The first kappa shape index (κ1) is 17.5. The lowest BCUT2D eigenvalue weighted by molar-refractivity contribution is -0.115. The van der Waals surface area contributed by atoms with Gasteiger partial charge in [-0.1, -0.05) is 47.5 Å². The molecule has 0 aliphatic carbocycles. The van der Waals surface area contributed by atoms with E-state index in [2.05, 4.69) is 42.6 Å². The Balaban J connectivity index is 1.55. The largest absolute Gasteiger partial charge is 0.326 e. The summed E-state index contributed by atoms with van der Waals surface area (Å²) >= 11 is 1.56. The molecule has 0 unspecified atom stereocenters. The van der Waals surface area contributed by atoms with Crippen molar-refractivity contribution in [2.24, 2.45) is 0 Å². The molecule has 0 fully saturated rings. The third-order valence-corrected chi connectivity index (χ3v) is 5.52. The molecule has 2 aromatic carbocycles. The first-order valence-electron chi connectivity index (χ1n) is 8.89. The topological polar surface area (TPSA) is 46.4 Å². The number of aryl methyl sites for hydroxylation is 3. The molecule has 0 saturated carbocycles. The number of carbonyl (C=O) groups is 1. The van der Waals surface area contributed by atoms with Gasteiger partial charge in [0.25, 0.3) is 0 Å². The van der Waals surface area contributed by atoms with Crippen molar-refractivity contribution in [2.75, 3.05) is 5.32 Å². The molecule has 1 N–H and O–H groups in total. The van der Waals surface area contributed by atoms with Crippen LogP contribution < -0.4 is 5.32 Å².